The molecule has 1 fully saturated rings. The molecular weight excluding hydrogens is 471 g/mol. The molecule has 0 aliphatic heterocycles. The molecule has 0 nitrogen and oxygen atoms in total. The molecule has 0 saturated heterocycles. The third-order valence-corrected chi connectivity index (χ3v) is 12.2. The first-order valence-corrected chi connectivity index (χ1v) is 11.8. The van der Waals surface area contributed by atoms with E-state index in [1.165, 1.54) is 25.7 Å². The van der Waals surface area contributed by atoms with E-state index in [4.69, 9.17) is 0 Å². The summed E-state index contributed by atoms with van der Waals surface area (Å²) in [5, 5.41) is 0. The van der Waals surface area contributed by atoms with Crippen molar-refractivity contribution in [3.63, 3.8) is 0 Å². The van der Waals surface area contributed by atoms with Crippen LogP contribution in [0.3, 0.4) is 0 Å². The standard InChI is InChI=1S/C18H18Te2/c1-3-11-16(12-4-1)19-18(15-9-7-8-10-15)20-17-13-5-2-6-14-17/h1-6,11-14H,7-10H2. The van der Waals surface area contributed by atoms with Gasteiger partial charge in [-0.1, -0.05) is 0 Å². The number of hydrogen-bond donors (Lipinski definition) is 0. The van der Waals surface area contributed by atoms with Crippen LogP contribution in [0.4, 0.5) is 0 Å². The molecule has 2 heteroatoms. The third kappa shape index (κ3) is 4.13. The molecule has 1 aliphatic rings. The maximum absolute atomic E-state index is 2.33. The Morgan fingerprint density at radius 2 is 1.10 bits per heavy atom. The van der Waals surface area contributed by atoms with E-state index >= 15 is 0 Å². The predicted octanol–water partition coefficient (Wildman–Crippen LogP) is 2.83. The minimum atomic E-state index is -0.143. The van der Waals surface area contributed by atoms with Crippen LogP contribution in [0.25, 0.3) is 0 Å². The SMILES string of the molecule is c1ccc([Te]C([Te]c2ccccc2)=C2CCCC2)cc1. The summed E-state index contributed by atoms with van der Waals surface area (Å²) in [6.45, 7) is 0. The van der Waals surface area contributed by atoms with E-state index in [1.54, 1.807) is 7.22 Å². The molecule has 2 aromatic carbocycles. The van der Waals surface area contributed by atoms with E-state index in [0.717, 1.165) is 0 Å². The van der Waals surface area contributed by atoms with Gasteiger partial charge in [0.1, 0.15) is 0 Å². The van der Waals surface area contributed by atoms with Crippen molar-refractivity contribution >= 4 is 49.1 Å². The summed E-state index contributed by atoms with van der Waals surface area (Å²) in [7, 11) is 0. The van der Waals surface area contributed by atoms with E-state index in [2.05, 4.69) is 60.7 Å². The van der Waals surface area contributed by atoms with Crippen LogP contribution in [0.5, 0.6) is 0 Å². The Kier molecular flexibility index (Phi) is 5.64. The average molecular weight is 490 g/mol. The molecule has 0 spiro atoms. The summed E-state index contributed by atoms with van der Waals surface area (Å²) in [6.07, 6.45) is 5.60. The molecule has 3 rings (SSSR count). The zero-order valence-electron chi connectivity index (χ0n) is 11.4. The van der Waals surface area contributed by atoms with Gasteiger partial charge in [0.05, 0.1) is 0 Å². The normalized spacial score (nSPS) is 14.5. The second kappa shape index (κ2) is 7.68. The Morgan fingerprint density at radius 3 is 1.55 bits per heavy atom. The quantitative estimate of drug-likeness (QED) is 0.580. The number of rotatable bonds is 4. The second-order valence-electron chi connectivity index (χ2n) is 4.93. The topological polar surface area (TPSA) is 0 Å². The van der Waals surface area contributed by atoms with Crippen LogP contribution in [0.2, 0.25) is 0 Å². The molecule has 0 radical (unpaired) electrons. The summed E-state index contributed by atoms with van der Waals surface area (Å²) >= 11 is -0.286. The van der Waals surface area contributed by atoms with Crippen molar-refractivity contribution in [1.82, 2.24) is 0 Å². The molecule has 0 N–H and O–H groups in total. The Labute approximate surface area is 141 Å². The van der Waals surface area contributed by atoms with Gasteiger partial charge in [-0.25, -0.2) is 0 Å². The fourth-order valence-corrected chi connectivity index (χ4v) is 11.8. The fraction of sp³-hybridized carbons (Fsp3) is 0.222. The monoisotopic (exact) mass is 494 g/mol. The molecule has 0 unspecified atom stereocenters. The molecule has 0 amide bonds. The van der Waals surface area contributed by atoms with Crippen LogP contribution in [0, 0.1) is 0 Å². The van der Waals surface area contributed by atoms with Gasteiger partial charge in [-0.15, -0.1) is 0 Å². The molecule has 1 aliphatic carbocycles. The number of hydrogen-bond acceptors (Lipinski definition) is 0. The summed E-state index contributed by atoms with van der Waals surface area (Å²) < 4.78 is 5.12. The van der Waals surface area contributed by atoms with Gasteiger partial charge in [0.25, 0.3) is 0 Å². The zero-order valence-corrected chi connectivity index (χ0v) is 16.1. The molecule has 0 heterocycles. The summed E-state index contributed by atoms with van der Waals surface area (Å²) in [6, 6.07) is 22.4. The van der Waals surface area contributed by atoms with Crippen molar-refractivity contribution in [2.75, 3.05) is 0 Å². The maximum atomic E-state index is 2.33. The zero-order chi connectivity index (χ0) is 13.6. The second-order valence-corrected chi connectivity index (χ2v) is 13.6. The van der Waals surface area contributed by atoms with Crippen molar-refractivity contribution in [2.24, 2.45) is 0 Å². The first-order valence-electron chi connectivity index (χ1n) is 7.09. The van der Waals surface area contributed by atoms with Crippen LogP contribution in [0.15, 0.2) is 67.9 Å². The van der Waals surface area contributed by atoms with Crippen LogP contribution in [0.1, 0.15) is 25.7 Å². The number of benzene rings is 2. The molecule has 102 valence electrons. The van der Waals surface area contributed by atoms with Gasteiger partial charge in [0.2, 0.25) is 0 Å². The Balaban J connectivity index is 1.83. The van der Waals surface area contributed by atoms with Crippen LogP contribution < -0.4 is 7.22 Å². The Morgan fingerprint density at radius 1 is 0.650 bits per heavy atom. The van der Waals surface area contributed by atoms with Crippen LogP contribution >= 0.6 is 0 Å². The van der Waals surface area contributed by atoms with Crippen LogP contribution in [-0.4, -0.2) is 41.8 Å². The third-order valence-electron chi connectivity index (χ3n) is 3.40. The van der Waals surface area contributed by atoms with Gasteiger partial charge in [0, 0.05) is 0 Å². The molecule has 20 heavy (non-hydrogen) atoms. The first kappa shape index (κ1) is 14.7. The predicted molar refractivity (Wildman–Crippen MR) is 89.2 cm³/mol. The van der Waals surface area contributed by atoms with Gasteiger partial charge in [0.15, 0.2) is 0 Å². The van der Waals surface area contributed by atoms with Crippen molar-refractivity contribution in [2.45, 2.75) is 25.7 Å². The van der Waals surface area contributed by atoms with Crippen molar-refractivity contribution < 1.29 is 0 Å². The van der Waals surface area contributed by atoms with E-state index in [0.29, 0.717) is 0 Å². The van der Waals surface area contributed by atoms with Gasteiger partial charge in [-0.3, -0.25) is 0 Å². The molecule has 0 bridgehead atoms. The molecular formula is C18H18Te2. The van der Waals surface area contributed by atoms with E-state index < -0.39 is 0 Å². The van der Waals surface area contributed by atoms with E-state index in [-0.39, 0.29) is 41.8 Å². The average Bonchev–Trinajstić information content (AvgIpc) is 3.03. The van der Waals surface area contributed by atoms with Crippen molar-refractivity contribution in [3.05, 3.63) is 67.9 Å². The van der Waals surface area contributed by atoms with Crippen molar-refractivity contribution in [1.29, 1.82) is 0 Å². The van der Waals surface area contributed by atoms with Gasteiger partial charge in [-0.05, 0) is 0 Å². The minimum absolute atomic E-state index is 0.143. The molecule has 0 aromatic heterocycles. The summed E-state index contributed by atoms with van der Waals surface area (Å²) in [4.78, 5) is 0. The molecule has 1 saturated carbocycles. The molecule has 0 atom stereocenters. The van der Waals surface area contributed by atoms with Crippen LogP contribution in [-0.2, 0) is 0 Å². The first-order chi connectivity index (χ1) is 9.92. The van der Waals surface area contributed by atoms with E-state index in [1.807, 2.05) is 7.24 Å². The Bertz CT molecular complexity index is 521. The van der Waals surface area contributed by atoms with Gasteiger partial charge < -0.3 is 0 Å². The fourth-order valence-electron chi connectivity index (χ4n) is 2.36. The molecule has 2 aromatic rings. The van der Waals surface area contributed by atoms with Crippen molar-refractivity contribution in [3.8, 4) is 0 Å². The number of allylic oxidation sites excluding steroid dienone is 1. The van der Waals surface area contributed by atoms with E-state index in [9.17, 15) is 0 Å². The Hall–Kier alpha value is -0.241. The summed E-state index contributed by atoms with van der Waals surface area (Å²) in [5.41, 5.74) is 1.84. The van der Waals surface area contributed by atoms with Gasteiger partial charge in [-0.2, -0.15) is 0 Å². The summed E-state index contributed by atoms with van der Waals surface area (Å²) in [5.74, 6) is 0. The van der Waals surface area contributed by atoms with Gasteiger partial charge >= 0.3 is 143 Å².